The molecule has 4 nitrogen and oxygen atoms in total. The molecule has 0 radical (unpaired) electrons. The van der Waals surface area contributed by atoms with Gasteiger partial charge in [-0.2, -0.15) is 0 Å². The van der Waals surface area contributed by atoms with Gasteiger partial charge in [-0.05, 0) is 61.4 Å². The minimum Gasteiger partial charge on any atom is -0.494 e. The molecule has 0 saturated carbocycles. The highest BCUT2D eigenvalue weighted by Crippen LogP contribution is 2.58. The lowest BCUT2D eigenvalue weighted by molar-refractivity contribution is -0.116. The van der Waals surface area contributed by atoms with E-state index in [1.54, 1.807) is 0 Å². The van der Waals surface area contributed by atoms with Crippen molar-refractivity contribution in [1.29, 1.82) is 0 Å². The Labute approximate surface area is 172 Å². The van der Waals surface area contributed by atoms with Gasteiger partial charge in [0.05, 0.1) is 17.9 Å². The number of hydrogen-bond donors (Lipinski definition) is 1. The predicted molar refractivity (Wildman–Crippen MR) is 113 cm³/mol. The zero-order chi connectivity index (χ0) is 21.3. The van der Waals surface area contributed by atoms with Gasteiger partial charge in [0, 0.05) is 18.8 Å². The van der Waals surface area contributed by atoms with Gasteiger partial charge in [-0.25, -0.2) is 4.39 Å². The summed E-state index contributed by atoms with van der Waals surface area (Å²) in [6, 6.07) is 1.48. The van der Waals surface area contributed by atoms with Gasteiger partial charge in [0.2, 0.25) is 5.91 Å². The molecule has 0 bridgehead atoms. The Morgan fingerprint density at radius 2 is 2.10 bits per heavy atom. The van der Waals surface area contributed by atoms with Crippen LogP contribution in [0, 0.1) is 18.2 Å². The van der Waals surface area contributed by atoms with Gasteiger partial charge in [0.15, 0.2) is 5.78 Å². The summed E-state index contributed by atoms with van der Waals surface area (Å²) in [6.45, 7) is 11.7. The molecule has 0 fully saturated rings. The molecule has 1 amide bonds. The number of Topliss-reactive ketones (excluding diaryl/α,β-unsaturated/α-hetero) is 1. The number of anilines is 1. The van der Waals surface area contributed by atoms with Crippen LogP contribution in [0.1, 0.15) is 69.6 Å². The molecule has 0 spiro atoms. The number of ketones is 1. The third-order valence-electron chi connectivity index (χ3n) is 6.24. The first kappa shape index (κ1) is 21.3. The second-order valence-corrected chi connectivity index (χ2v) is 8.16. The molecule has 29 heavy (non-hydrogen) atoms. The number of fused-ring (bicyclic) bond motifs is 3. The zero-order valence-corrected chi connectivity index (χ0v) is 17.8. The Balaban J connectivity index is 2.28. The van der Waals surface area contributed by atoms with Gasteiger partial charge in [-0.3, -0.25) is 9.59 Å². The van der Waals surface area contributed by atoms with Crippen LogP contribution in [0.2, 0.25) is 0 Å². The molecule has 1 aromatic rings. The van der Waals surface area contributed by atoms with Crippen LogP contribution < -0.4 is 5.32 Å². The molecule has 1 aromatic carbocycles. The number of carbonyl (C=O) groups is 2. The molecular weight excluding hydrogens is 369 g/mol. The van der Waals surface area contributed by atoms with E-state index < -0.39 is 5.82 Å². The first-order valence-corrected chi connectivity index (χ1v) is 10.5. The summed E-state index contributed by atoms with van der Waals surface area (Å²) in [7, 11) is 0. The highest BCUT2D eigenvalue weighted by atomic mass is 19.1. The number of halogens is 1. The maximum Gasteiger partial charge on any atom is 0.221 e. The lowest BCUT2D eigenvalue weighted by Crippen LogP contribution is -2.29. The molecule has 0 saturated heterocycles. The predicted octanol–water partition coefficient (Wildman–Crippen LogP) is 5.49. The summed E-state index contributed by atoms with van der Waals surface area (Å²) in [5.41, 5.74) is 3.96. The van der Waals surface area contributed by atoms with Gasteiger partial charge in [0.1, 0.15) is 11.6 Å². The third-order valence-corrected chi connectivity index (χ3v) is 6.24. The van der Waals surface area contributed by atoms with Crippen molar-refractivity contribution in [1.82, 2.24) is 0 Å². The van der Waals surface area contributed by atoms with Crippen LogP contribution in [-0.2, 0) is 20.7 Å². The van der Waals surface area contributed by atoms with Crippen LogP contribution in [0.4, 0.5) is 10.1 Å². The molecule has 2 aliphatic carbocycles. The molecular formula is C24H30FNO3. The number of hydrogen-bond acceptors (Lipinski definition) is 3. The minimum atomic E-state index is -0.477. The van der Waals surface area contributed by atoms with Crippen molar-refractivity contribution in [2.45, 2.75) is 66.2 Å². The van der Waals surface area contributed by atoms with Crippen molar-refractivity contribution in [3.63, 3.8) is 0 Å². The zero-order valence-electron chi connectivity index (χ0n) is 17.8. The number of nitrogens with one attached hydrogen (secondary N) is 1. The molecule has 3 rings (SSSR count). The van der Waals surface area contributed by atoms with Gasteiger partial charge in [-0.15, -0.1) is 0 Å². The lowest BCUT2D eigenvalue weighted by Gasteiger charge is -2.36. The Bertz CT molecular complexity index is 915. The average Bonchev–Trinajstić information content (AvgIpc) is 2.98. The first-order chi connectivity index (χ1) is 13.8. The van der Waals surface area contributed by atoms with E-state index in [9.17, 15) is 14.0 Å². The van der Waals surface area contributed by atoms with E-state index in [4.69, 9.17) is 4.74 Å². The monoisotopic (exact) mass is 399 g/mol. The molecule has 1 unspecified atom stereocenters. The van der Waals surface area contributed by atoms with Crippen LogP contribution in [0.5, 0.6) is 0 Å². The topological polar surface area (TPSA) is 55.4 Å². The van der Waals surface area contributed by atoms with Crippen LogP contribution in [0.15, 0.2) is 24.0 Å². The second kappa shape index (κ2) is 8.13. The summed E-state index contributed by atoms with van der Waals surface area (Å²) in [5, 5.41) is 2.63. The molecule has 2 aliphatic rings. The van der Waals surface area contributed by atoms with Gasteiger partial charge in [-0.1, -0.05) is 26.3 Å². The summed E-state index contributed by atoms with van der Waals surface area (Å²) >= 11 is 0. The summed E-state index contributed by atoms with van der Waals surface area (Å²) in [5.74, 6) is -0.384. The van der Waals surface area contributed by atoms with E-state index in [0.29, 0.717) is 24.4 Å². The lowest BCUT2D eigenvalue weighted by atomic mass is 9.67. The Morgan fingerprint density at radius 1 is 1.38 bits per heavy atom. The van der Waals surface area contributed by atoms with Crippen LogP contribution in [0.3, 0.4) is 0 Å². The van der Waals surface area contributed by atoms with Crippen molar-refractivity contribution in [2.75, 3.05) is 11.9 Å². The highest BCUT2D eigenvalue weighted by molar-refractivity contribution is 6.10. The number of amides is 1. The Morgan fingerprint density at radius 3 is 2.72 bits per heavy atom. The van der Waals surface area contributed by atoms with Gasteiger partial charge in [0.25, 0.3) is 0 Å². The quantitative estimate of drug-likeness (QED) is 0.617. The van der Waals surface area contributed by atoms with E-state index in [-0.39, 0.29) is 22.8 Å². The minimum absolute atomic E-state index is 0.0161. The maximum atomic E-state index is 15.0. The number of unbranched alkanes of at least 4 members (excludes halogenated alkanes) is 1. The van der Waals surface area contributed by atoms with E-state index in [1.165, 1.54) is 13.0 Å². The second-order valence-electron chi connectivity index (χ2n) is 8.16. The fourth-order valence-electron chi connectivity index (χ4n) is 4.94. The van der Waals surface area contributed by atoms with Crippen LogP contribution in [0.25, 0.3) is 5.57 Å². The van der Waals surface area contributed by atoms with Gasteiger partial charge >= 0.3 is 0 Å². The fourth-order valence-corrected chi connectivity index (χ4v) is 4.94. The third kappa shape index (κ3) is 3.63. The number of allylic oxidation sites excluding steroid dienone is 2. The number of ether oxygens (including phenoxy) is 1. The Kier molecular flexibility index (Phi) is 5.97. The first-order valence-electron chi connectivity index (χ1n) is 10.5. The molecule has 0 heterocycles. The molecule has 5 heteroatoms. The number of rotatable bonds is 7. The van der Waals surface area contributed by atoms with Crippen LogP contribution >= 0.6 is 0 Å². The summed E-state index contributed by atoms with van der Waals surface area (Å²) in [6.07, 6.45) is 4.94. The largest absolute Gasteiger partial charge is 0.494 e. The van der Waals surface area contributed by atoms with E-state index >= 15 is 0 Å². The summed E-state index contributed by atoms with van der Waals surface area (Å²) < 4.78 is 20.6. The molecule has 1 atom stereocenters. The van der Waals surface area contributed by atoms with E-state index in [1.807, 2.05) is 13.8 Å². The molecule has 1 N–H and O–H groups in total. The van der Waals surface area contributed by atoms with Crippen molar-refractivity contribution in [3.05, 3.63) is 46.5 Å². The van der Waals surface area contributed by atoms with Crippen LogP contribution in [-0.4, -0.2) is 18.3 Å². The summed E-state index contributed by atoms with van der Waals surface area (Å²) in [4.78, 5) is 24.5. The number of benzene rings is 1. The highest BCUT2D eigenvalue weighted by Gasteiger charge is 2.48. The fraction of sp³-hybridized carbons (Fsp3) is 0.500. The van der Waals surface area contributed by atoms with Crippen molar-refractivity contribution in [3.8, 4) is 0 Å². The standard InChI is InChI=1S/C24H30FNO3/c1-6-8-10-24-11-9-20(28)21(15(4)29-7-2)22(24)17-12-19(25)23(26-16(5)27)14(3)18(17)13-24/h12H,4,6-11,13H2,1-3,5H3,(H,26,27). The molecule has 0 aromatic heterocycles. The van der Waals surface area contributed by atoms with E-state index in [0.717, 1.165) is 54.4 Å². The van der Waals surface area contributed by atoms with Gasteiger partial charge < -0.3 is 10.1 Å². The Hall–Kier alpha value is -2.43. The molecule has 156 valence electrons. The molecule has 0 aliphatic heterocycles. The smallest absolute Gasteiger partial charge is 0.221 e. The van der Waals surface area contributed by atoms with Crippen molar-refractivity contribution in [2.24, 2.45) is 5.41 Å². The average molecular weight is 400 g/mol. The van der Waals surface area contributed by atoms with Crippen molar-refractivity contribution >= 4 is 23.0 Å². The van der Waals surface area contributed by atoms with E-state index in [2.05, 4.69) is 18.8 Å². The maximum absolute atomic E-state index is 15.0. The number of carbonyl (C=O) groups excluding carboxylic acids is 2. The SMILES string of the molecule is C=C(OCC)C1=C2c3cc(F)c(NC(C)=O)c(C)c3CC2(CCCC)CCC1=O. The van der Waals surface area contributed by atoms with Crippen molar-refractivity contribution < 1.29 is 18.7 Å². The normalized spacial score (nSPS) is 20.4.